The Balaban J connectivity index is 1.92. The van der Waals surface area contributed by atoms with Gasteiger partial charge in [0.15, 0.2) is 11.4 Å². The van der Waals surface area contributed by atoms with Gasteiger partial charge in [0, 0.05) is 23.0 Å². The van der Waals surface area contributed by atoms with Gasteiger partial charge in [-0.3, -0.25) is 4.79 Å². The Morgan fingerprint density at radius 1 is 1.00 bits per heavy atom. The van der Waals surface area contributed by atoms with Crippen LogP contribution in [0.5, 0.6) is 5.75 Å². The first-order chi connectivity index (χ1) is 9.25. The third-order valence-corrected chi connectivity index (χ3v) is 4.45. The van der Waals surface area contributed by atoms with Crippen LogP contribution in [0, 0.1) is 5.92 Å². The van der Waals surface area contributed by atoms with E-state index in [1.54, 1.807) is 0 Å². The molecule has 1 aliphatic heterocycles. The van der Waals surface area contributed by atoms with Gasteiger partial charge in [0.1, 0.15) is 5.75 Å². The van der Waals surface area contributed by atoms with Crippen LogP contribution in [0.25, 0.3) is 0 Å². The van der Waals surface area contributed by atoms with Crippen molar-refractivity contribution in [3.8, 4) is 5.75 Å². The molecule has 1 fully saturated rings. The fraction of sp³-hybridized carbons (Fsp3) is 0.235. The molecule has 1 saturated carbocycles. The van der Waals surface area contributed by atoms with Gasteiger partial charge in [-0.05, 0) is 6.07 Å². The van der Waals surface area contributed by atoms with E-state index in [9.17, 15) is 4.79 Å². The van der Waals surface area contributed by atoms with Crippen molar-refractivity contribution in [2.45, 2.75) is 18.4 Å². The highest BCUT2D eigenvalue weighted by Crippen LogP contribution is 2.62. The van der Waals surface area contributed by atoms with Gasteiger partial charge in [0.05, 0.1) is 0 Å². The highest BCUT2D eigenvalue weighted by Gasteiger charge is 2.67. The molecule has 0 aromatic heterocycles. The van der Waals surface area contributed by atoms with Gasteiger partial charge in [-0.25, -0.2) is 0 Å². The summed E-state index contributed by atoms with van der Waals surface area (Å²) in [5.41, 5.74) is 1.36. The third kappa shape index (κ3) is 1.14. The number of benzene rings is 2. The van der Waals surface area contributed by atoms with E-state index in [1.165, 1.54) is 5.56 Å². The summed E-state index contributed by atoms with van der Waals surface area (Å²) in [6, 6.07) is 17.9. The maximum absolute atomic E-state index is 12.5. The summed E-state index contributed by atoms with van der Waals surface area (Å²) in [6.45, 7) is 2.00. The van der Waals surface area contributed by atoms with E-state index in [4.69, 9.17) is 4.74 Å². The van der Waals surface area contributed by atoms with Crippen molar-refractivity contribution >= 4 is 5.78 Å². The van der Waals surface area contributed by atoms with Crippen LogP contribution in [0.4, 0.5) is 0 Å². The summed E-state index contributed by atoms with van der Waals surface area (Å²) < 4.78 is 6.11. The lowest BCUT2D eigenvalue weighted by Crippen LogP contribution is -2.58. The Hall–Kier alpha value is -2.09. The van der Waals surface area contributed by atoms with Crippen molar-refractivity contribution in [3.05, 3.63) is 65.7 Å². The fourth-order valence-corrected chi connectivity index (χ4v) is 3.57. The first-order valence-corrected chi connectivity index (χ1v) is 6.63. The molecule has 2 aliphatic rings. The fourth-order valence-electron chi connectivity index (χ4n) is 3.57. The lowest BCUT2D eigenvalue weighted by Gasteiger charge is -2.46. The molecule has 2 aromatic carbocycles. The number of para-hydroxylation sites is 1. The summed E-state index contributed by atoms with van der Waals surface area (Å²) in [4.78, 5) is 12.5. The molecule has 19 heavy (non-hydrogen) atoms. The van der Waals surface area contributed by atoms with Crippen molar-refractivity contribution < 1.29 is 9.53 Å². The van der Waals surface area contributed by atoms with Gasteiger partial charge >= 0.3 is 0 Å². The summed E-state index contributed by atoms with van der Waals surface area (Å²) in [7, 11) is 0. The maximum Gasteiger partial charge on any atom is 0.199 e. The predicted octanol–water partition coefficient (Wildman–Crippen LogP) is 3.28. The van der Waals surface area contributed by atoms with E-state index in [2.05, 4.69) is 6.07 Å². The number of ether oxygens (including phenoxy) is 1. The van der Waals surface area contributed by atoms with Crippen molar-refractivity contribution in [3.63, 3.8) is 0 Å². The van der Waals surface area contributed by atoms with Crippen LogP contribution in [0.2, 0.25) is 0 Å². The number of hydrogen-bond acceptors (Lipinski definition) is 2. The Morgan fingerprint density at radius 2 is 1.68 bits per heavy atom. The molecule has 3 atom stereocenters. The Morgan fingerprint density at radius 3 is 2.47 bits per heavy atom. The number of carbonyl (C=O) groups excluding carboxylic acids is 1. The molecule has 3 unspecified atom stereocenters. The molecular formula is C17H14O2. The molecule has 0 amide bonds. The van der Waals surface area contributed by atoms with Crippen LogP contribution >= 0.6 is 0 Å². The number of ketones is 1. The summed E-state index contributed by atoms with van der Waals surface area (Å²) in [6.07, 6.45) is 0. The minimum Gasteiger partial charge on any atom is -0.474 e. The molecule has 2 nitrogen and oxygen atoms in total. The zero-order valence-corrected chi connectivity index (χ0v) is 10.7. The monoisotopic (exact) mass is 250 g/mol. The quantitative estimate of drug-likeness (QED) is 0.776. The standard InChI is InChI=1S/C17H14O2/c1-11-15-13-9-5-6-10-14(13)19-17(15,16(11)18)12-7-3-2-4-8-12/h2-11,15H,1H3. The minimum atomic E-state index is -0.773. The summed E-state index contributed by atoms with van der Waals surface area (Å²) in [5.74, 6) is 1.23. The van der Waals surface area contributed by atoms with E-state index in [-0.39, 0.29) is 17.6 Å². The summed E-state index contributed by atoms with van der Waals surface area (Å²) >= 11 is 0. The largest absolute Gasteiger partial charge is 0.474 e. The molecule has 94 valence electrons. The molecule has 1 heterocycles. The molecular weight excluding hydrogens is 236 g/mol. The molecule has 0 spiro atoms. The molecule has 2 heteroatoms. The summed E-state index contributed by atoms with van der Waals surface area (Å²) in [5, 5.41) is 0. The van der Waals surface area contributed by atoms with E-state index < -0.39 is 5.60 Å². The van der Waals surface area contributed by atoms with Gasteiger partial charge in [-0.2, -0.15) is 0 Å². The van der Waals surface area contributed by atoms with Crippen LogP contribution < -0.4 is 4.74 Å². The second-order valence-corrected chi connectivity index (χ2v) is 5.37. The molecule has 2 aromatic rings. The van der Waals surface area contributed by atoms with Gasteiger partial charge in [-0.15, -0.1) is 0 Å². The number of carbonyl (C=O) groups is 1. The van der Waals surface area contributed by atoms with Gasteiger partial charge in [0.25, 0.3) is 0 Å². The molecule has 0 radical (unpaired) electrons. The van der Waals surface area contributed by atoms with E-state index in [0.717, 1.165) is 11.3 Å². The molecule has 1 aliphatic carbocycles. The minimum absolute atomic E-state index is 0.0313. The van der Waals surface area contributed by atoms with E-state index in [0.29, 0.717) is 0 Å². The van der Waals surface area contributed by atoms with Gasteiger partial charge in [-0.1, -0.05) is 55.5 Å². The topological polar surface area (TPSA) is 26.3 Å². The highest BCUT2D eigenvalue weighted by atomic mass is 16.5. The Labute approximate surface area is 112 Å². The van der Waals surface area contributed by atoms with E-state index >= 15 is 0 Å². The SMILES string of the molecule is CC1C(=O)C2(c3ccccc3)Oc3ccccc3C12. The highest BCUT2D eigenvalue weighted by molar-refractivity contribution is 6.01. The lowest BCUT2D eigenvalue weighted by molar-refractivity contribution is -0.156. The van der Waals surface area contributed by atoms with Crippen LogP contribution in [0.15, 0.2) is 54.6 Å². The van der Waals surface area contributed by atoms with Crippen molar-refractivity contribution in [2.24, 2.45) is 5.92 Å². The van der Waals surface area contributed by atoms with Crippen molar-refractivity contribution in [1.82, 2.24) is 0 Å². The van der Waals surface area contributed by atoms with Gasteiger partial charge < -0.3 is 4.74 Å². The van der Waals surface area contributed by atoms with E-state index in [1.807, 2.05) is 55.5 Å². The average Bonchev–Trinajstić information content (AvgIpc) is 2.80. The van der Waals surface area contributed by atoms with Gasteiger partial charge in [0.2, 0.25) is 0 Å². The normalized spacial score (nSPS) is 31.1. The van der Waals surface area contributed by atoms with Crippen LogP contribution in [-0.4, -0.2) is 5.78 Å². The maximum atomic E-state index is 12.5. The zero-order valence-electron chi connectivity index (χ0n) is 10.7. The Kier molecular flexibility index (Phi) is 1.97. The first-order valence-electron chi connectivity index (χ1n) is 6.63. The zero-order chi connectivity index (χ0) is 13.0. The molecule has 4 rings (SSSR count). The number of Topliss-reactive ketones (excluding diaryl/α,β-unsaturated/α-hetero) is 1. The second-order valence-electron chi connectivity index (χ2n) is 5.37. The first kappa shape index (κ1) is 10.8. The second kappa shape index (κ2) is 3.47. The predicted molar refractivity (Wildman–Crippen MR) is 72.1 cm³/mol. The Bertz CT molecular complexity index is 662. The molecule has 0 N–H and O–H groups in total. The smallest absolute Gasteiger partial charge is 0.199 e. The van der Waals surface area contributed by atoms with Crippen LogP contribution in [-0.2, 0) is 10.4 Å². The molecule has 0 bridgehead atoms. The van der Waals surface area contributed by atoms with Crippen LogP contribution in [0.1, 0.15) is 24.0 Å². The number of rotatable bonds is 1. The average molecular weight is 250 g/mol. The van der Waals surface area contributed by atoms with Crippen LogP contribution in [0.3, 0.4) is 0 Å². The lowest BCUT2D eigenvalue weighted by atomic mass is 9.57. The number of fused-ring (bicyclic) bond motifs is 3. The third-order valence-electron chi connectivity index (χ3n) is 4.45. The molecule has 0 saturated heterocycles. The number of hydrogen-bond donors (Lipinski definition) is 0. The van der Waals surface area contributed by atoms with Crippen molar-refractivity contribution in [1.29, 1.82) is 0 Å². The van der Waals surface area contributed by atoms with Crippen molar-refractivity contribution in [2.75, 3.05) is 0 Å².